The van der Waals surface area contributed by atoms with Gasteiger partial charge in [-0.3, -0.25) is 4.79 Å². The van der Waals surface area contributed by atoms with E-state index in [2.05, 4.69) is 46.8 Å². The first kappa shape index (κ1) is 25.7. The van der Waals surface area contributed by atoms with E-state index in [1.165, 1.54) is 12.1 Å². The Hall–Kier alpha value is -3.42. The summed E-state index contributed by atoms with van der Waals surface area (Å²) in [5.74, 6) is -0.764. The summed E-state index contributed by atoms with van der Waals surface area (Å²) in [5, 5.41) is 9.76. The molecule has 192 valence electrons. The van der Waals surface area contributed by atoms with Gasteiger partial charge in [0.25, 0.3) is 0 Å². The summed E-state index contributed by atoms with van der Waals surface area (Å²) in [4.78, 5) is 13.3. The molecule has 4 rings (SSSR count). The number of hydrogen-bond acceptors (Lipinski definition) is 3. The molecule has 0 saturated carbocycles. The molecule has 2 heterocycles. The summed E-state index contributed by atoms with van der Waals surface area (Å²) >= 11 is 0. The maximum Gasteiger partial charge on any atom is 0.573 e. The van der Waals surface area contributed by atoms with Crippen LogP contribution in [0.3, 0.4) is 0 Å². The number of likely N-dealkylation sites (tertiary alicyclic amines) is 1. The molecule has 3 aromatic rings. The van der Waals surface area contributed by atoms with Crippen LogP contribution in [0.2, 0.25) is 0 Å². The van der Waals surface area contributed by atoms with E-state index in [9.17, 15) is 18.0 Å². The maximum atomic E-state index is 12.7. The minimum absolute atomic E-state index is 0.202. The predicted molar refractivity (Wildman–Crippen MR) is 134 cm³/mol. The molecule has 0 spiro atoms. The number of aliphatic carboxylic acids is 1. The molecular weight excluding hydrogens is 469 g/mol. The zero-order chi connectivity index (χ0) is 26.2. The van der Waals surface area contributed by atoms with Gasteiger partial charge in [0.1, 0.15) is 5.75 Å². The topological polar surface area (TPSA) is 54.7 Å². The van der Waals surface area contributed by atoms with Crippen LogP contribution in [-0.2, 0) is 11.3 Å². The van der Waals surface area contributed by atoms with Crippen molar-refractivity contribution in [1.82, 2.24) is 9.47 Å². The second-order valence-electron chi connectivity index (χ2n) is 9.68. The maximum absolute atomic E-state index is 12.7. The molecule has 8 heteroatoms. The Morgan fingerprint density at radius 2 is 1.81 bits per heavy atom. The summed E-state index contributed by atoms with van der Waals surface area (Å²) in [7, 11) is 0. The van der Waals surface area contributed by atoms with Crippen molar-refractivity contribution in [2.45, 2.75) is 52.9 Å². The lowest BCUT2D eigenvalue weighted by Gasteiger charge is -2.35. The van der Waals surface area contributed by atoms with Crippen molar-refractivity contribution in [3.05, 3.63) is 70.9 Å². The molecule has 1 N–H and O–H groups in total. The van der Waals surface area contributed by atoms with Crippen LogP contribution >= 0.6 is 0 Å². The number of nitrogens with zero attached hydrogens (tertiary/aromatic N) is 2. The fourth-order valence-electron chi connectivity index (χ4n) is 5.30. The molecule has 1 aromatic heterocycles. The van der Waals surface area contributed by atoms with Crippen molar-refractivity contribution in [1.29, 1.82) is 0 Å². The molecule has 5 nitrogen and oxygen atoms in total. The van der Waals surface area contributed by atoms with Crippen LogP contribution < -0.4 is 4.74 Å². The number of hydrogen-bond donors (Lipinski definition) is 1. The fraction of sp³-hybridized carbons (Fsp3) is 0.393. The number of alkyl halides is 3. The monoisotopic (exact) mass is 500 g/mol. The van der Waals surface area contributed by atoms with E-state index in [4.69, 9.17) is 5.11 Å². The SMILES string of the molecule is C=C(c1ccc(C)c(Cn2ccc3cc(OC(F)(F)F)cc(C)c32)c1C)N1CCC(CC(=O)O)CC1. The van der Waals surface area contributed by atoms with E-state index in [0.29, 0.717) is 17.5 Å². The Balaban J connectivity index is 1.58. The Bertz CT molecular complexity index is 1300. The van der Waals surface area contributed by atoms with Gasteiger partial charge in [-0.05, 0) is 80.0 Å². The van der Waals surface area contributed by atoms with Crippen molar-refractivity contribution >= 4 is 22.6 Å². The number of ether oxygens (including phenoxy) is 1. The highest BCUT2D eigenvalue weighted by Gasteiger charge is 2.31. The third-order valence-electron chi connectivity index (χ3n) is 7.19. The number of halogens is 3. The van der Waals surface area contributed by atoms with E-state index in [-0.39, 0.29) is 18.1 Å². The summed E-state index contributed by atoms with van der Waals surface area (Å²) in [6.07, 6.45) is -0.967. The molecule has 0 unspecified atom stereocenters. The number of aromatic nitrogens is 1. The lowest BCUT2D eigenvalue weighted by Crippen LogP contribution is -2.33. The van der Waals surface area contributed by atoms with Crippen LogP contribution in [-0.4, -0.2) is 40.0 Å². The number of carboxylic acids is 1. The largest absolute Gasteiger partial charge is 0.573 e. The quantitative estimate of drug-likeness (QED) is 0.394. The highest BCUT2D eigenvalue weighted by atomic mass is 19.4. The normalized spacial score (nSPS) is 14.9. The van der Waals surface area contributed by atoms with E-state index in [1.54, 1.807) is 13.0 Å². The summed E-state index contributed by atoms with van der Waals surface area (Å²) in [6, 6.07) is 8.80. The molecule has 0 aliphatic carbocycles. The molecule has 1 aliphatic heterocycles. The molecule has 2 aromatic carbocycles. The number of aryl methyl sites for hydroxylation is 2. The van der Waals surface area contributed by atoms with E-state index >= 15 is 0 Å². The van der Waals surface area contributed by atoms with Gasteiger partial charge in [-0.25, -0.2) is 0 Å². The van der Waals surface area contributed by atoms with Gasteiger partial charge < -0.3 is 19.3 Å². The number of benzene rings is 2. The molecule has 1 aliphatic rings. The minimum atomic E-state index is -4.73. The zero-order valence-corrected chi connectivity index (χ0v) is 20.8. The van der Waals surface area contributed by atoms with Gasteiger partial charge in [0, 0.05) is 48.9 Å². The van der Waals surface area contributed by atoms with Crippen LogP contribution in [0, 0.1) is 26.7 Å². The van der Waals surface area contributed by atoms with Gasteiger partial charge in [0.05, 0.1) is 5.52 Å². The third-order valence-corrected chi connectivity index (χ3v) is 7.19. The minimum Gasteiger partial charge on any atom is -0.481 e. The number of rotatable bonds is 7. The van der Waals surface area contributed by atoms with Gasteiger partial charge in [-0.1, -0.05) is 18.7 Å². The van der Waals surface area contributed by atoms with Gasteiger partial charge in [0.2, 0.25) is 0 Å². The van der Waals surface area contributed by atoms with Gasteiger partial charge in [0.15, 0.2) is 0 Å². The number of carboxylic acid groups (broad SMARTS) is 1. The number of piperidine rings is 1. The average molecular weight is 501 g/mol. The van der Waals surface area contributed by atoms with Crippen molar-refractivity contribution in [2.75, 3.05) is 13.1 Å². The van der Waals surface area contributed by atoms with Crippen LogP contribution in [0.4, 0.5) is 13.2 Å². The second-order valence-corrected chi connectivity index (χ2v) is 9.68. The molecule has 0 amide bonds. The van der Waals surface area contributed by atoms with Crippen LogP contribution in [0.15, 0.2) is 43.1 Å². The van der Waals surface area contributed by atoms with Crippen molar-refractivity contribution in [3.63, 3.8) is 0 Å². The number of carbonyl (C=O) groups is 1. The number of fused-ring (bicyclic) bond motifs is 1. The smallest absolute Gasteiger partial charge is 0.481 e. The van der Waals surface area contributed by atoms with Crippen LogP contribution in [0.25, 0.3) is 16.6 Å². The Morgan fingerprint density at radius 1 is 1.11 bits per heavy atom. The van der Waals surface area contributed by atoms with E-state index < -0.39 is 12.3 Å². The predicted octanol–water partition coefficient (Wildman–Crippen LogP) is 6.67. The molecule has 0 atom stereocenters. The molecule has 1 fully saturated rings. The van der Waals surface area contributed by atoms with E-state index in [0.717, 1.165) is 59.4 Å². The average Bonchev–Trinajstić information content (AvgIpc) is 3.18. The Kier molecular flexibility index (Phi) is 7.07. The van der Waals surface area contributed by atoms with Gasteiger partial charge in [-0.15, -0.1) is 13.2 Å². The first-order valence-electron chi connectivity index (χ1n) is 12.0. The molecule has 0 bridgehead atoms. The van der Waals surface area contributed by atoms with Crippen LogP contribution in [0.1, 0.15) is 47.1 Å². The van der Waals surface area contributed by atoms with E-state index in [1.807, 2.05) is 6.20 Å². The molecule has 36 heavy (non-hydrogen) atoms. The highest BCUT2D eigenvalue weighted by molar-refractivity contribution is 5.85. The zero-order valence-electron chi connectivity index (χ0n) is 20.8. The lowest BCUT2D eigenvalue weighted by atomic mass is 9.91. The molecular formula is C28H31F3N2O3. The fourth-order valence-corrected chi connectivity index (χ4v) is 5.30. The first-order chi connectivity index (χ1) is 16.9. The van der Waals surface area contributed by atoms with Crippen molar-refractivity contribution in [3.8, 4) is 5.75 Å². The van der Waals surface area contributed by atoms with Gasteiger partial charge >= 0.3 is 12.3 Å². The van der Waals surface area contributed by atoms with Gasteiger partial charge in [-0.2, -0.15) is 0 Å². The highest BCUT2D eigenvalue weighted by Crippen LogP contribution is 2.33. The lowest BCUT2D eigenvalue weighted by molar-refractivity contribution is -0.274. The summed E-state index contributed by atoms with van der Waals surface area (Å²) < 4.78 is 44.3. The standard InChI is InChI=1S/C28H31F3N2O3/c1-17-5-6-24(20(4)32-10-7-21(8-11-32)14-26(34)35)19(3)25(17)16-33-12-9-22-15-23(36-28(29,30)31)13-18(2)27(22)33/h5-6,9,12-13,15,21H,4,7-8,10-11,14,16H2,1-3H3,(H,34,35). The third kappa shape index (κ3) is 5.53. The Labute approximate surface area is 208 Å². The second kappa shape index (κ2) is 9.91. The van der Waals surface area contributed by atoms with Crippen molar-refractivity contribution in [2.24, 2.45) is 5.92 Å². The Morgan fingerprint density at radius 3 is 2.44 bits per heavy atom. The summed E-state index contributed by atoms with van der Waals surface area (Å²) in [6.45, 7) is 12.4. The molecule has 1 saturated heterocycles. The van der Waals surface area contributed by atoms with Crippen molar-refractivity contribution < 1.29 is 27.8 Å². The van der Waals surface area contributed by atoms with Crippen LogP contribution in [0.5, 0.6) is 5.75 Å². The molecule has 0 radical (unpaired) electrons. The summed E-state index contributed by atoms with van der Waals surface area (Å²) in [5.41, 5.74) is 6.95. The first-order valence-corrected chi connectivity index (χ1v) is 12.0.